The van der Waals surface area contributed by atoms with Crippen molar-refractivity contribution in [3.63, 3.8) is 0 Å². The predicted molar refractivity (Wildman–Crippen MR) is 78.8 cm³/mol. The first-order chi connectivity index (χ1) is 9.20. The molecule has 0 aliphatic heterocycles. The van der Waals surface area contributed by atoms with Crippen LogP contribution in [0.15, 0.2) is 12.1 Å². The molecule has 2 bridgehead atoms. The molecule has 102 valence electrons. The number of nitrogens with one attached hydrogen (secondary N) is 3. The number of hydrazine groups is 1. The minimum atomic E-state index is 0.369. The van der Waals surface area contributed by atoms with Crippen LogP contribution in [0.3, 0.4) is 0 Å². The molecule has 7 heteroatoms. The van der Waals surface area contributed by atoms with Crippen molar-refractivity contribution in [1.29, 1.82) is 0 Å². The van der Waals surface area contributed by atoms with Crippen molar-refractivity contribution in [2.24, 2.45) is 11.8 Å². The average Bonchev–Trinajstić information content (AvgIpc) is 3.00. The van der Waals surface area contributed by atoms with Crippen LogP contribution in [0, 0.1) is 11.8 Å². The van der Waals surface area contributed by atoms with Crippen molar-refractivity contribution in [1.82, 2.24) is 20.9 Å². The zero-order valence-electron chi connectivity index (χ0n) is 10.4. The fourth-order valence-corrected chi connectivity index (χ4v) is 3.43. The molecule has 1 heterocycles. The Bertz CT molecular complexity index is 466. The summed E-state index contributed by atoms with van der Waals surface area (Å²) in [7, 11) is 0. The first-order valence-corrected chi connectivity index (χ1v) is 7.31. The van der Waals surface area contributed by atoms with Gasteiger partial charge in [-0.3, -0.25) is 10.9 Å². The summed E-state index contributed by atoms with van der Waals surface area (Å²) < 4.78 is 0. The summed E-state index contributed by atoms with van der Waals surface area (Å²) in [5.74, 6) is 2.28. The van der Waals surface area contributed by atoms with Gasteiger partial charge in [-0.1, -0.05) is 18.0 Å². The number of nitrogens with zero attached hydrogens (tertiary/aromatic N) is 2. The maximum absolute atomic E-state index is 5.66. The molecule has 0 amide bonds. The maximum Gasteiger partial charge on any atom is 0.185 e. The maximum atomic E-state index is 5.66. The highest BCUT2D eigenvalue weighted by atomic mass is 35.5. The second-order valence-corrected chi connectivity index (χ2v) is 6.04. The summed E-state index contributed by atoms with van der Waals surface area (Å²) in [6.45, 7) is 0. The topological polar surface area (TPSA) is 61.9 Å². The summed E-state index contributed by atoms with van der Waals surface area (Å²) in [6.07, 6.45) is 5.33. The lowest BCUT2D eigenvalue weighted by Crippen LogP contribution is -2.46. The smallest absolute Gasteiger partial charge is 0.185 e. The van der Waals surface area contributed by atoms with E-state index in [0.717, 1.165) is 11.8 Å². The molecule has 0 spiro atoms. The quantitative estimate of drug-likeness (QED) is 0.587. The molecule has 3 N–H and O–H groups in total. The first kappa shape index (κ1) is 12.9. The number of hydrogen-bond acceptors (Lipinski definition) is 4. The van der Waals surface area contributed by atoms with Crippen molar-refractivity contribution in [2.45, 2.75) is 31.7 Å². The van der Waals surface area contributed by atoms with Crippen LogP contribution < -0.4 is 16.2 Å². The monoisotopic (exact) mass is 297 g/mol. The van der Waals surface area contributed by atoms with Crippen LogP contribution in [0.1, 0.15) is 25.7 Å². The fourth-order valence-electron chi connectivity index (χ4n) is 3.13. The SMILES string of the molecule is S=C(NNc1ccc(Cl)nn1)N[C@H]1C[C@@H]2CC[C@@H]1C2. The molecule has 19 heavy (non-hydrogen) atoms. The van der Waals surface area contributed by atoms with Crippen molar-refractivity contribution in [2.75, 3.05) is 5.43 Å². The molecule has 1 aromatic heterocycles. The normalized spacial score (nSPS) is 28.2. The summed E-state index contributed by atoms with van der Waals surface area (Å²) in [5.41, 5.74) is 5.83. The van der Waals surface area contributed by atoms with E-state index in [1.165, 1.54) is 25.7 Å². The molecule has 0 aromatic carbocycles. The number of rotatable bonds is 3. The Balaban J connectivity index is 1.45. The third-order valence-electron chi connectivity index (χ3n) is 3.99. The number of halogens is 1. The highest BCUT2D eigenvalue weighted by molar-refractivity contribution is 7.80. The number of aromatic nitrogens is 2. The lowest BCUT2D eigenvalue weighted by Gasteiger charge is -2.24. The largest absolute Gasteiger partial charge is 0.358 e. The molecular formula is C12H16ClN5S. The number of anilines is 1. The van der Waals surface area contributed by atoms with E-state index in [9.17, 15) is 0 Å². The van der Waals surface area contributed by atoms with Gasteiger partial charge in [-0.2, -0.15) is 0 Å². The average molecular weight is 298 g/mol. The van der Waals surface area contributed by atoms with Crippen LogP contribution in [-0.2, 0) is 0 Å². The van der Waals surface area contributed by atoms with E-state index in [1.54, 1.807) is 12.1 Å². The Kier molecular flexibility index (Phi) is 3.70. The molecule has 2 fully saturated rings. The Hall–Kier alpha value is -1.14. The van der Waals surface area contributed by atoms with E-state index in [2.05, 4.69) is 26.4 Å². The second-order valence-electron chi connectivity index (χ2n) is 5.25. The van der Waals surface area contributed by atoms with Gasteiger partial charge in [0.1, 0.15) is 0 Å². The van der Waals surface area contributed by atoms with Crippen LogP contribution in [0.4, 0.5) is 5.82 Å². The standard InChI is InChI=1S/C12H16ClN5S/c13-10-3-4-11(16-15-10)17-18-12(19)14-9-6-7-1-2-8(9)5-7/h3-4,7-9H,1-2,5-6H2,(H,16,17)(H2,14,18,19)/t7-,8-,9+/m1/s1. The van der Waals surface area contributed by atoms with Gasteiger partial charge in [0.05, 0.1) is 0 Å². The molecule has 0 unspecified atom stereocenters. The lowest BCUT2D eigenvalue weighted by molar-refractivity contribution is 0.390. The van der Waals surface area contributed by atoms with Gasteiger partial charge in [0.15, 0.2) is 16.1 Å². The molecule has 0 radical (unpaired) electrons. The van der Waals surface area contributed by atoms with Gasteiger partial charge in [-0.15, -0.1) is 10.2 Å². The van der Waals surface area contributed by atoms with Crippen LogP contribution in [0.5, 0.6) is 0 Å². The van der Waals surface area contributed by atoms with E-state index in [-0.39, 0.29) is 0 Å². The molecule has 0 saturated heterocycles. The minimum absolute atomic E-state index is 0.369. The van der Waals surface area contributed by atoms with Gasteiger partial charge in [0.2, 0.25) is 0 Å². The Labute approximate surface area is 122 Å². The molecule has 1 aromatic rings. The van der Waals surface area contributed by atoms with E-state index in [0.29, 0.717) is 22.1 Å². The van der Waals surface area contributed by atoms with Crippen LogP contribution in [0.25, 0.3) is 0 Å². The third kappa shape index (κ3) is 3.06. The summed E-state index contributed by atoms with van der Waals surface area (Å²) in [4.78, 5) is 0. The van der Waals surface area contributed by atoms with Crippen molar-refractivity contribution < 1.29 is 0 Å². The van der Waals surface area contributed by atoms with Crippen molar-refractivity contribution in [3.8, 4) is 0 Å². The van der Waals surface area contributed by atoms with E-state index in [1.807, 2.05) is 0 Å². The first-order valence-electron chi connectivity index (χ1n) is 6.52. The summed E-state index contributed by atoms with van der Waals surface area (Å²) >= 11 is 10.9. The van der Waals surface area contributed by atoms with Gasteiger partial charge in [0.25, 0.3) is 0 Å². The summed E-state index contributed by atoms with van der Waals surface area (Å²) in [5, 5.41) is 12.0. The highest BCUT2D eigenvalue weighted by Crippen LogP contribution is 2.44. The Morgan fingerprint density at radius 3 is 2.79 bits per heavy atom. The molecule has 2 saturated carbocycles. The van der Waals surface area contributed by atoms with Crippen LogP contribution >= 0.6 is 23.8 Å². The Morgan fingerprint density at radius 1 is 1.26 bits per heavy atom. The summed E-state index contributed by atoms with van der Waals surface area (Å²) in [6, 6.07) is 3.94. The van der Waals surface area contributed by atoms with E-state index >= 15 is 0 Å². The second kappa shape index (κ2) is 5.46. The molecule has 2 aliphatic rings. The van der Waals surface area contributed by atoms with E-state index < -0.39 is 0 Å². The number of thiocarbonyl (C=S) groups is 1. The van der Waals surface area contributed by atoms with Gasteiger partial charge < -0.3 is 5.32 Å². The number of hydrogen-bond donors (Lipinski definition) is 3. The molecule has 3 rings (SSSR count). The third-order valence-corrected chi connectivity index (χ3v) is 4.41. The lowest BCUT2D eigenvalue weighted by atomic mass is 9.96. The zero-order valence-corrected chi connectivity index (χ0v) is 12.0. The van der Waals surface area contributed by atoms with Gasteiger partial charge in [-0.25, -0.2) is 0 Å². The Morgan fingerprint density at radius 2 is 2.16 bits per heavy atom. The predicted octanol–water partition coefficient (Wildman–Crippen LogP) is 2.11. The van der Waals surface area contributed by atoms with E-state index in [4.69, 9.17) is 23.8 Å². The van der Waals surface area contributed by atoms with Gasteiger partial charge >= 0.3 is 0 Å². The fraction of sp³-hybridized carbons (Fsp3) is 0.583. The van der Waals surface area contributed by atoms with Crippen LogP contribution in [-0.4, -0.2) is 21.4 Å². The van der Waals surface area contributed by atoms with Gasteiger partial charge in [-0.05, 0) is 55.4 Å². The van der Waals surface area contributed by atoms with Crippen molar-refractivity contribution >= 4 is 34.7 Å². The van der Waals surface area contributed by atoms with Crippen molar-refractivity contribution in [3.05, 3.63) is 17.3 Å². The minimum Gasteiger partial charge on any atom is -0.358 e. The zero-order chi connectivity index (χ0) is 13.2. The molecule has 3 atom stereocenters. The molecule has 2 aliphatic carbocycles. The van der Waals surface area contributed by atoms with Crippen LogP contribution in [0.2, 0.25) is 5.15 Å². The molecule has 5 nitrogen and oxygen atoms in total. The molecular weight excluding hydrogens is 282 g/mol. The number of fused-ring (bicyclic) bond motifs is 2. The van der Waals surface area contributed by atoms with Gasteiger partial charge in [0, 0.05) is 6.04 Å². The highest BCUT2D eigenvalue weighted by Gasteiger charge is 2.39.